The summed E-state index contributed by atoms with van der Waals surface area (Å²) in [5.74, 6) is 0. The average Bonchev–Trinajstić information content (AvgIpc) is 2.20. The number of hydrogen-bond acceptors (Lipinski definition) is 3. The van der Waals surface area contributed by atoms with E-state index in [0.29, 0.717) is 21.2 Å². The van der Waals surface area contributed by atoms with E-state index in [1.807, 2.05) is 23.9 Å². The lowest BCUT2D eigenvalue weighted by molar-refractivity contribution is 0.729. The fourth-order valence-electron chi connectivity index (χ4n) is 2.18. The molecule has 1 saturated heterocycles. The van der Waals surface area contributed by atoms with Crippen LogP contribution in [0.5, 0.6) is 0 Å². The molecule has 1 aliphatic rings. The van der Waals surface area contributed by atoms with Crippen LogP contribution in [0.15, 0.2) is 18.2 Å². The molecule has 16 heavy (non-hydrogen) atoms. The van der Waals surface area contributed by atoms with Gasteiger partial charge in [-0.2, -0.15) is 11.8 Å². The summed E-state index contributed by atoms with van der Waals surface area (Å²) in [5, 5.41) is 1.93. The Morgan fingerprint density at radius 3 is 2.56 bits per heavy atom. The van der Waals surface area contributed by atoms with Gasteiger partial charge in [0, 0.05) is 23.6 Å². The standard InChI is InChI=1S/C12H17ClN2S/c1-8-6-15(7-9(2)16-8)11-5-3-4-10(13)12(11)14/h3-5,8-9H,6-7,14H2,1-2H3. The van der Waals surface area contributed by atoms with Crippen LogP contribution in [-0.2, 0) is 0 Å². The lowest BCUT2D eigenvalue weighted by Gasteiger charge is -2.36. The van der Waals surface area contributed by atoms with E-state index in [0.717, 1.165) is 18.8 Å². The molecular formula is C12H17ClN2S. The Kier molecular flexibility index (Phi) is 3.55. The summed E-state index contributed by atoms with van der Waals surface area (Å²) in [5.41, 5.74) is 7.80. The first-order valence-electron chi connectivity index (χ1n) is 5.52. The number of halogens is 1. The van der Waals surface area contributed by atoms with Gasteiger partial charge >= 0.3 is 0 Å². The number of hydrogen-bond donors (Lipinski definition) is 1. The second kappa shape index (κ2) is 4.76. The third kappa shape index (κ3) is 2.41. The smallest absolute Gasteiger partial charge is 0.0741 e. The van der Waals surface area contributed by atoms with Crippen LogP contribution in [0.1, 0.15) is 13.8 Å². The molecule has 0 saturated carbocycles. The second-order valence-electron chi connectivity index (χ2n) is 4.33. The molecule has 1 heterocycles. The van der Waals surface area contributed by atoms with Crippen LogP contribution < -0.4 is 10.6 Å². The fraction of sp³-hybridized carbons (Fsp3) is 0.500. The van der Waals surface area contributed by atoms with Crippen molar-refractivity contribution in [2.45, 2.75) is 24.3 Å². The van der Waals surface area contributed by atoms with Gasteiger partial charge in [0.25, 0.3) is 0 Å². The Morgan fingerprint density at radius 1 is 1.31 bits per heavy atom. The number of anilines is 2. The van der Waals surface area contributed by atoms with Crippen LogP contribution in [0.3, 0.4) is 0 Å². The number of benzene rings is 1. The van der Waals surface area contributed by atoms with Gasteiger partial charge in [-0.15, -0.1) is 0 Å². The van der Waals surface area contributed by atoms with Gasteiger partial charge in [-0.25, -0.2) is 0 Å². The molecule has 2 rings (SSSR count). The van der Waals surface area contributed by atoms with Crippen LogP contribution in [0.2, 0.25) is 5.02 Å². The first-order valence-corrected chi connectivity index (χ1v) is 6.84. The van der Waals surface area contributed by atoms with Crippen LogP contribution in [-0.4, -0.2) is 23.6 Å². The summed E-state index contributed by atoms with van der Waals surface area (Å²) >= 11 is 8.08. The van der Waals surface area contributed by atoms with Crippen LogP contribution in [0.25, 0.3) is 0 Å². The first kappa shape index (κ1) is 11.9. The Labute approximate surface area is 106 Å². The van der Waals surface area contributed by atoms with Crippen molar-refractivity contribution in [1.82, 2.24) is 0 Å². The van der Waals surface area contributed by atoms with Crippen LogP contribution >= 0.6 is 23.4 Å². The zero-order valence-corrected chi connectivity index (χ0v) is 11.2. The number of nitrogen functional groups attached to an aromatic ring is 1. The van der Waals surface area contributed by atoms with E-state index >= 15 is 0 Å². The van der Waals surface area contributed by atoms with Crippen molar-refractivity contribution in [3.63, 3.8) is 0 Å². The number of rotatable bonds is 1. The van der Waals surface area contributed by atoms with E-state index in [1.54, 1.807) is 0 Å². The number of nitrogens with two attached hydrogens (primary N) is 1. The van der Waals surface area contributed by atoms with Crippen molar-refractivity contribution >= 4 is 34.7 Å². The molecule has 0 radical (unpaired) electrons. The molecule has 0 bridgehead atoms. The largest absolute Gasteiger partial charge is 0.396 e. The molecule has 88 valence electrons. The maximum absolute atomic E-state index is 6.05. The van der Waals surface area contributed by atoms with Crippen molar-refractivity contribution in [3.8, 4) is 0 Å². The van der Waals surface area contributed by atoms with Gasteiger partial charge in [0.1, 0.15) is 0 Å². The zero-order chi connectivity index (χ0) is 11.7. The second-order valence-corrected chi connectivity index (χ2v) is 6.62. The first-order chi connectivity index (χ1) is 7.58. The van der Waals surface area contributed by atoms with Crippen molar-refractivity contribution in [2.24, 2.45) is 0 Å². The van der Waals surface area contributed by atoms with Crippen molar-refractivity contribution in [3.05, 3.63) is 23.2 Å². The minimum absolute atomic E-state index is 0.641. The lowest BCUT2D eigenvalue weighted by Crippen LogP contribution is -2.40. The third-order valence-corrected chi connectivity index (χ3v) is 4.35. The number of nitrogens with zero attached hydrogens (tertiary/aromatic N) is 1. The molecule has 2 unspecified atom stereocenters. The molecule has 1 aromatic carbocycles. The van der Waals surface area contributed by atoms with E-state index in [9.17, 15) is 0 Å². The van der Waals surface area contributed by atoms with Crippen molar-refractivity contribution in [2.75, 3.05) is 23.7 Å². The number of para-hydroxylation sites is 1. The zero-order valence-electron chi connectivity index (χ0n) is 9.61. The highest BCUT2D eigenvalue weighted by Crippen LogP contribution is 2.34. The molecule has 2 N–H and O–H groups in total. The monoisotopic (exact) mass is 256 g/mol. The minimum Gasteiger partial charge on any atom is -0.396 e. The normalized spacial score (nSPS) is 25.8. The minimum atomic E-state index is 0.641. The van der Waals surface area contributed by atoms with Gasteiger partial charge in [-0.05, 0) is 12.1 Å². The van der Waals surface area contributed by atoms with Gasteiger partial charge in [0.2, 0.25) is 0 Å². The highest BCUT2D eigenvalue weighted by atomic mass is 35.5. The van der Waals surface area contributed by atoms with Gasteiger partial charge in [-0.1, -0.05) is 31.5 Å². The fourth-order valence-corrected chi connectivity index (χ4v) is 3.67. The van der Waals surface area contributed by atoms with E-state index in [1.165, 1.54) is 0 Å². The summed E-state index contributed by atoms with van der Waals surface area (Å²) in [7, 11) is 0. The van der Waals surface area contributed by atoms with Crippen LogP contribution in [0, 0.1) is 0 Å². The molecule has 2 nitrogen and oxygen atoms in total. The van der Waals surface area contributed by atoms with E-state index in [2.05, 4.69) is 24.8 Å². The lowest BCUT2D eigenvalue weighted by atomic mass is 10.2. The summed E-state index contributed by atoms with van der Waals surface area (Å²) in [4.78, 5) is 2.34. The predicted molar refractivity (Wildman–Crippen MR) is 74.6 cm³/mol. The highest BCUT2D eigenvalue weighted by molar-refractivity contribution is 8.00. The molecule has 0 aliphatic carbocycles. The topological polar surface area (TPSA) is 29.3 Å². The van der Waals surface area contributed by atoms with Gasteiger partial charge in [-0.3, -0.25) is 0 Å². The van der Waals surface area contributed by atoms with Gasteiger partial charge in [0.15, 0.2) is 0 Å². The summed E-state index contributed by atoms with van der Waals surface area (Å²) < 4.78 is 0. The van der Waals surface area contributed by atoms with Gasteiger partial charge in [0.05, 0.1) is 16.4 Å². The predicted octanol–water partition coefficient (Wildman–Crippen LogP) is 3.25. The average molecular weight is 257 g/mol. The summed E-state index contributed by atoms with van der Waals surface area (Å²) in [6.07, 6.45) is 0. The molecule has 4 heteroatoms. The maximum Gasteiger partial charge on any atom is 0.0741 e. The maximum atomic E-state index is 6.05. The Morgan fingerprint density at radius 2 is 1.94 bits per heavy atom. The van der Waals surface area contributed by atoms with Gasteiger partial charge < -0.3 is 10.6 Å². The third-order valence-electron chi connectivity index (χ3n) is 2.79. The quantitative estimate of drug-likeness (QED) is 0.782. The molecule has 1 aliphatic heterocycles. The molecule has 2 atom stereocenters. The van der Waals surface area contributed by atoms with E-state index in [4.69, 9.17) is 17.3 Å². The molecular weight excluding hydrogens is 240 g/mol. The van der Waals surface area contributed by atoms with E-state index in [-0.39, 0.29) is 0 Å². The molecule has 1 aromatic rings. The molecule has 0 amide bonds. The Bertz CT molecular complexity index is 373. The van der Waals surface area contributed by atoms with E-state index < -0.39 is 0 Å². The Balaban J connectivity index is 2.26. The highest BCUT2D eigenvalue weighted by Gasteiger charge is 2.23. The van der Waals surface area contributed by atoms with Crippen molar-refractivity contribution in [1.29, 1.82) is 0 Å². The molecule has 1 fully saturated rings. The Hall–Kier alpha value is -0.540. The molecule has 0 aromatic heterocycles. The van der Waals surface area contributed by atoms with Crippen LogP contribution in [0.4, 0.5) is 11.4 Å². The number of thioether (sulfide) groups is 1. The molecule has 0 spiro atoms. The summed E-state index contributed by atoms with van der Waals surface area (Å²) in [6.45, 7) is 6.60. The summed E-state index contributed by atoms with van der Waals surface area (Å²) in [6, 6.07) is 5.85. The SMILES string of the molecule is CC1CN(c2cccc(Cl)c2N)CC(C)S1. The van der Waals surface area contributed by atoms with Crippen molar-refractivity contribution < 1.29 is 0 Å².